The number of carboxylic acid groups (broad SMARTS) is 1. The third-order valence-corrected chi connectivity index (χ3v) is 2.96. The molecule has 0 radical (unpaired) electrons. The summed E-state index contributed by atoms with van der Waals surface area (Å²) in [6.07, 6.45) is -2.93. The fraction of sp³-hybridized carbons (Fsp3) is 0.364. The molecule has 0 amide bonds. The molecule has 0 spiro atoms. The Morgan fingerprint density at radius 2 is 2.05 bits per heavy atom. The summed E-state index contributed by atoms with van der Waals surface area (Å²) in [4.78, 5) is 14.6. The lowest BCUT2D eigenvalue weighted by Crippen LogP contribution is -2.08. The maximum Gasteiger partial charge on any atom is 0.435 e. The number of aromatic carboxylic acids is 1. The van der Waals surface area contributed by atoms with Gasteiger partial charge in [0.1, 0.15) is 0 Å². The number of hydrogen-bond acceptors (Lipinski definition) is 3. The Morgan fingerprint density at radius 3 is 2.58 bits per heavy atom. The molecule has 2 aromatic rings. The lowest BCUT2D eigenvalue weighted by Gasteiger charge is -2.04. The van der Waals surface area contributed by atoms with Gasteiger partial charge in [-0.05, 0) is 18.9 Å². The molecule has 1 fully saturated rings. The summed E-state index contributed by atoms with van der Waals surface area (Å²) in [5.41, 5.74) is -0.945. The van der Waals surface area contributed by atoms with Gasteiger partial charge in [0.05, 0.1) is 0 Å². The molecule has 8 heteroatoms. The van der Waals surface area contributed by atoms with Crippen LogP contribution in [0.15, 0.2) is 12.1 Å². The zero-order chi connectivity index (χ0) is 13.8. The van der Waals surface area contributed by atoms with Crippen molar-refractivity contribution in [2.24, 2.45) is 0 Å². The van der Waals surface area contributed by atoms with Crippen LogP contribution in [0.3, 0.4) is 0 Å². The van der Waals surface area contributed by atoms with Crippen LogP contribution < -0.4 is 0 Å². The van der Waals surface area contributed by atoms with Crippen LogP contribution in [-0.2, 0) is 6.18 Å². The van der Waals surface area contributed by atoms with Gasteiger partial charge >= 0.3 is 12.1 Å². The maximum absolute atomic E-state index is 12.6. The number of carboxylic acids is 1. The average Bonchev–Trinajstić information content (AvgIpc) is 3.04. The Balaban J connectivity index is 2.24. The molecule has 3 rings (SSSR count). The highest BCUT2D eigenvalue weighted by atomic mass is 19.4. The highest BCUT2D eigenvalue weighted by molar-refractivity contribution is 5.86. The van der Waals surface area contributed by atoms with Gasteiger partial charge in [-0.2, -0.15) is 18.3 Å². The van der Waals surface area contributed by atoms with Crippen LogP contribution in [0.1, 0.15) is 40.6 Å². The van der Waals surface area contributed by atoms with E-state index in [9.17, 15) is 18.0 Å². The molecule has 0 aromatic carbocycles. The summed E-state index contributed by atoms with van der Waals surface area (Å²) in [6.45, 7) is 0. The second-order valence-electron chi connectivity index (χ2n) is 4.44. The SMILES string of the molecule is O=C(O)c1cc(C2CC2)n2nc(C(F)(F)F)cc2n1. The summed E-state index contributed by atoms with van der Waals surface area (Å²) < 4.78 is 38.9. The van der Waals surface area contributed by atoms with E-state index in [1.54, 1.807) is 0 Å². The first-order valence-electron chi connectivity index (χ1n) is 5.57. The van der Waals surface area contributed by atoms with Crippen LogP contribution >= 0.6 is 0 Å². The molecule has 0 unspecified atom stereocenters. The van der Waals surface area contributed by atoms with Crippen molar-refractivity contribution < 1.29 is 23.1 Å². The minimum atomic E-state index is -4.57. The van der Waals surface area contributed by atoms with E-state index in [1.807, 2.05) is 0 Å². The van der Waals surface area contributed by atoms with Gasteiger partial charge in [-0.25, -0.2) is 14.3 Å². The third kappa shape index (κ3) is 2.02. The van der Waals surface area contributed by atoms with E-state index < -0.39 is 17.8 Å². The van der Waals surface area contributed by atoms with Gasteiger partial charge in [-0.15, -0.1) is 0 Å². The summed E-state index contributed by atoms with van der Waals surface area (Å²) in [5.74, 6) is -1.20. The highest BCUT2D eigenvalue weighted by Gasteiger charge is 2.36. The second kappa shape index (κ2) is 3.69. The fourth-order valence-electron chi connectivity index (χ4n) is 1.92. The standard InChI is InChI=1S/C11H8F3N3O2/c12-11(13,14)8-4-9-15-6(10(18)19)3-7(5-1-2-5)17(9)16-8/h3-5H,1-2H2,(H,18,19). The Bertz CT molecular complexity index is 674. The van der Waals surface area contributed by atoms with Crippen molar-refractivity contribution in [3.05, 3.63) is 29.2 Å². The number of hydrogen-bond donors (Lipinski definition) is 1. The zero-order valence-corrected chi connectivity index (χ0v) is 9.48. The third-order valence-electron chi connectivity index (χ3n) is 2.96. The first-order valence-corrected chi connectivity index (χ1v) is 5.57. The minimum absolute atomic E-state index is 0.0598. The summed E-state index contributed by atoms with van der Waals surface area (Å²) in [5, 5.41) is 12.4. The van der Waals surface area contributed by atoms with E-state index >= 15 is 0 Å². The monoisotopic (exact) mass is 271 g/mol. The molecule has 1 aliphatic rings. The van der Waals surface area contributed by atoms with Gasteiger partial charge in [0, 0.05) is 17.7 Å². The molecule has 2 heterocycles. The van der Waals surface area contributed by atoms with Crippen LogP contribution in [0.5, 0.6) is 0 Å². The number of aromatic nitrogens is 3. The molecule has 1 N–H and O–H groups in total. The smallest absolute Gasteiger partial charge is 0.435 e. The topological polar surface area (TPSA) is 67.5 Å². The highest BCUT2D eigenvalue weighted by Crippen LogP contribution is 2.40. The van der Waals surface area contributed by atoms with Crippen molar-refractivity contribution in [1.82, 2.24) is 14.6 Å². The molecule has 0 aliphatic heterocycles. The van der Waals surface area contributed by atoms with Crippen molar-refractivity contribution in [3.63, 3.8) is 0 Å². The van der Waals surface area contributed by atoms with Gasteiger partial charge in [0.15, 0.2) is 17.0 Å². The van der Waals surface area contributed by atoms with Crippen LogP contribution in [0.2, 0.25) is 0 Å². The number of rotatable bonds is 2. The van der Waals surface area contributed by atoms with Gasteiger partial charge in [0.2, 0.25) is 0 Å². The van der Waals surface area contributed by atoms with E-state index in [1.165, 1.54) is 6.07 Å². The van der Waals surface area contributed by atoms with Crippen molar-refractivity contribution in [2.75, 3.05) is 0 Å². The molecule has 0 atom stereocenters. The second-order valence-corrected chi connectivity index (χ2v) is 4.44. The molecule has 1 saturated carbocycles. The predicted molar refractivity (Wildman–Crippen MR) is 56.9 cm³/mol. The maximum atomic E-state index is 12.6. The molecule has 2 aromatic heterocycles. The summed E-state index contributed by atoms with van der Waals surface area (Å²) >= 11 is 0. The van der Waals surface area contributed by atoms with Gasteiger partial charge in [-0.1, -0.05) is 0 Å². The Hall–Kier alpha value is -2.12. The zero-order valence-electron chi connectivity index (χ0n) is 9.48. The van der Waals surface area contributed by atoms with E-state index in [2.05, 4.69) is 10.1 Å². The lowest BCUT2D eigenvalue weighted by molar-refractivity contribution is -0.141. The number of nitrogens with zero attached hydrogens (tertiary/aromatic N) is 3. The van der Waals surface area contributed by atoms with E-state index in [4.69, 9.17) is 5.11 Å². The van der Waals surface area contributed by atoms with Crippen molar-refractivity contribution in [3.8, 4) is 0 Å². The molecule has 0 saturated heterocycles. The number of carbonyl (C=O) groups is 1. The summed E-state index contributed by atoms with van der Waals surface area (Å²) in [6, 6.07) is 2.05. The molecule has 1 aliphatic carbocycles. The Kier molecular flexibility index (Phi) is 2.32. The van der Waals surface area contributed by atoms with Crippen molar-refractivity contribution in [2.45, 2.75) is 24.9 Å². The summed E-state index contributed by atoms with van der Waals surface area (Å²) in [7, 11) is 0. The Labute approximate surface area is 104 Å². The largest absolute Gasteiger partial charge is 0.477 e. The van der Waals surface area contributed by atoms with Crippen LogP contribution in [0.25, 0.3) is 5.65 Å². The lowest BCUT2D eigenvalue weighted by atomic mass is 10.2. The van der Waals surface area contributed by atoms with Gasteiger partial charge in [-0.3, -0.25) is 0 Å². The average molecular weight is 271 g/mol. The predicted octanol–water partition coefficient (Wildman–Crippen LogP) is 2.32. The van der Waals surface area contributed by atoms with E-state index in [-0.39, 0.29) is 17.3 Å². The first kappa shape index (κ1) is 11.9. The Morgan fingerprint density at radius 1 is 1.37 bits per heavy atom. The molecular formula is C11H8F3N3O2. The number of fused-ring (bicyclic) bond motifs is 1. The first-order chi connectivity index (χ1) is 8.86. The van der Waals surface area contributed by atoms with Gasteiger partial charge in [0.25, 0.3) is 0 Å². The molecular weight excluding hydrogens is 263 g/mol. The molecule has 5 nitrogen and oxygen atoms in total. The normalized spacial score (nSPS) is 15.9. The molecule has 0 bridgehead atoms. The van der Waals surface area contributed by atoms with Crippen LogP contribution in [0.4, 0.5) is 13.2 Å². The van der Waals surface area contributed by atoms with Crippen LogP contribution in [-0.4, -0.2) is 25.7 Å². The number of alkyl halides is 3. The molecule has 100 valence electrons. The van der Waals surface area contributed by atoms with Crippen LogP contribution in [0, 0.1) is 0 Å². The van der Waals surface area contributed by atoms with E-state index in [0.29, 0.717) is 5.69 Å². The minimum Gasteiger partial charge on any atom is -0.477 e. The van der Waals surface area contributed by atoms with E-state index in [0.717, 1.165) is 23.4 Å². The number of halogens is 3. The quantitative estimate of drug-likeness (QED) is 0.910. The fourth-order valence-corrected chi connectivity index (χ4v) is 1.92. The van der Waals surface area contributed by atoms with Crippen molar-refractivity contribution in [1.29, 1.82) is 0 Å². The van der Waals surface area contributed by atoms with Gasteiger partial charge < -0.3 is 5.11 Å². The molecule has 19 heavy (non-hydrogen) atoms. The van der Waals surface area contributed by atoms with Crippen molar-refractivity contribution >= 4 is 11.6 Å².